The van der Waals surface area contributed by atoms with Crippen molar-refractivity contribution < 1.29 is 9.53 Å². The molecule has 9 heteroatoms. The van der Waals surface area contributed by atoms with Gasteiger partial charge in [-0.05, 0) is 0 Å². The standard InChI is InChI=1S/C6H12N6O2S/c1-14-2-3(4(13)10-8)15-6-9-5(7)11-12-6/h3H,2,8H2,1H3,(H,10,13)(H3,7,9,11,12). The minimum absolute atomic E-state index is 0.196. The first-order chi connectivity index (χ1) is 7.17. The van der Waals surface area contributed by atoms with E-state index in [-0.39, 0.29) is 18.5 Å². The highest BCUT2D eigenvalue weighted by Crippen LogP contribution is 2.19. The molecular weight excluding hydrogens is 220 g/mol. The van der Waals surface area contributed by atoms with E-state index in [1.807, 2.05) is 5.43 Å². The number of aromatic nitrogens is 3. The molecule has 84 valence electrons. The number of nitrogen functional groups attached to an aromatic ring is 1. The third-order valence-corrected chi connectivity index (χ3v) is 2.51. The van der Waals surface area contributed by atoms with Gasteiger partial charge >= 0.3 is 0 Å². The van der Waals surface area contributed by atoms with Gasteiger partial charge in [-0.25, -0.2) is 10.9 Å². The fourth-order valence-electron chi connectivity index (χ4n) is 0.846. The molecule has 15 heavy (non-hydrogen) atoms. The molecule has 1 atom stereocenters. The largest absolute Gasteiger partial charge is 0.383 e. The first kappa shape index (κ1) is 11.8. The number of aromatic amines is 1. The highest BCUT2D eigenvalue weighted by Gasteiger charge is 2.20. The molecule has 0 fully saturated rings. The Morgan fingerprint density at radius 3 is 3.00 bits per heavy atom. The van der Waals surface area contributed by atoms with Crippen LogP contribution in [0.1, 0.15) is 0 Å². The number of methoxy groups -OCH3 is 1. The second-order valence-corrected chi connectivity index (χ2v) is 3.74. The number of nitrogens with one attached hydrogen (secondary N) is 2. The lowest BCUT2D eigenvalue weighted by Gasteiger charge is -2.10. The van der Waals surface area contributed by atoms with E-state index in [9.17, 15) is 4.79 Å². The van der Waals surface area contributed by atoms with E-state index in [4.69, 9.17) is 16.3 Å². The number of hydrogen-bond acceptors (Lipinski definition) is 7. The summed E-state index contributed by atoms with van der Waals surface area (Å²) in [7, 11) is 1.49. The van der Waals surface area contributed by atoms with Crippen molar-refractivity contribution in [3.63, 3.8) is 0 Å². The van der Waals surface area contributed by atoms with E-state index in [1.165, 1.54) is 7.11 Å². The number of carbonyl (C=O) groups excluding carboxylic acids is 1. The molecule has 1 unspecified atom stereocenters. The van der Waals surface area contributed by atoms with Gasteiger partial charge in [-0.15, -0.1) is 5.10 Å². The van der Waals surface area contributed by atoms with Gasteiger partial charge in [0.2, 0.25) is 17.0 Å². The van der Waals surface area contributed by atoms with Gasteiger partial charge in [0.05, 0.1) is 6.61 Å². The maximum atomic E-state index is 11.3. The van der Waals surface area contributed by atoms with Gasteiger partial charge < -0.3 is 10.5 Å². The molecule has 0 spiro atoms. The Labute approximate surface area is 90.1 Å². The number of nitrogens with two attached hydrogens (primary N) is 2. The Hall–Kier alpha value is -1.32. The monoisotopic (exact) mass is 232 g/mol. The molecule has 0 aliphatic heterocycles. The maximum Gasteiger partial charge on any atom is 0.249 e. The lowest BCUT2D eigenvalue weighted by Crippen LogP contribution is -2.39. The molecule has 0 aliphatic rings. The van der Waals surface area contributed by atoms with Crippen molar-refractivity contribution >= 4 is 23.6 Å². The van der Waals surface area contributed by atoms with Crippen molar-refractivity contribution in [3.05, 3.63) is 0 Å². The van der Waals surface area contributed by atoms with Crippen LogP contribution in [0.5, 0.6) is 0 Å². The normalized spacial score (nSPS) is 12.4. The van der Waals surface area contributed by atoms with Gasteiger partial charge in [0.1, 0.15) is 5.25 Å². The SMILES string of the molecule is COCC(Sc1n[nH]c(N)n1)C(=O)NN. The molecule has 0 bridgehead atoms. The highest BCUT2D eigenvalue weighted by atomic mass is 32.2. The number of rotatable bonds is 5. The molecule has 0 saturated heterocycles. The van der Waals surface area contributed by atoms with Gasteiger partial charge in [-0.2, -0.15) is 4.98 Å². The number of H-pyrrole nitrogens is 1. The molecule has 1 aromatic rings. The van der Waals surface area contributed by atoms with Crippen molar-refractivity contribution in [2.45, 2.75) is 10.4 Å². The van der Waals surface area contributed by atoms with Crippen LogP contribution in [0.4, 0.5) is 5.95 Å². The van der Waals surface area contributed by atoms with Gasteiger partial charge in [-0.1, -0.05) is 11.8 Å². The van der Waals surface area contributed by atoms with Crippen LogP contribution in [-0.2, 0) is 9.53 Å². The Bertz CT molecular complexity index is 329. The molecule has 0 saturated carbocycles. The van der Waals surface area contributed by atoms with E-state index in [2.05, 4.69) is 15.2 Å². The van der Waals surface area contributed by atoms with Gasteiger partial charge in [0.25, 0.3) is 0 Å². The fourth-order valence-corrected chi connectivity index (χ4v) is 1.73. The summed E-state index contributed by atoms with van der Waals surface area (Å²) in [5, 5.41) is 6.11. The van der Waals surface area contributed by atoms with E-state index in [0.717, 1.165) is 11.8 Å². The van der Waals surface area contributed by atoms with Crippen molar-refractivity contribution in [2.75, 3.05) is 19.5 Å². The number of anilines is 1. The van der Waals surface area contributed by atoms with Crippen LogP contribution in [0.3, 0.4) is 0 Å². The Morgan fingerprint density at radius 1 is 1.80 bits per heavy atom. The maximum absolute atomic E-state index is 11.3. The third kappa shape index (κ3) is 3.38. The quantitative estimate of drug-likeness (QED) is 0.210. The van der Waals surface area contributed by atoms with Gasteiger partial charge in [-0.3, -0.25) is 10.2 Å². The summed E-state index contributed by atoms with van der Waals surface area (Å²) in [6.07, 6.45) is 0. The van der Waals surface area contributed by atoms with E-state index in [1.54, 1.807) is 0 Å². The van der Waals surface area contributed by atoms with E-state index in [0.29, 0.717) is 5.16 Å². The van der Waals surface area contributed by atoms with Crippen LogP contribution in [0.15, 0.2) is 5.16 Å². The molecule has 0 aromatic carbocycles. The summed E-state index contributed by atoms with van der Waals surface area (Å²) in [6.45, 7) is 0.210. The van der Waals surface area contributed by atoms with E-state index >= 15 is 0 Å². The number of thioether (sulfide) groups is 1. The average molecular weight is 232 g/mol. The lowest BCUT2D eigenvalue weighted by molar-refractivity contribution is -0.121. The molecule has 0 radical (unpaired) electrons. The molecule has 6 N–H and O–H groups in total. The average Bonchev–Trinajstić information content (AvgIpc) is 2.62. The topological polar surface area (TPSA) is 132 Å². The Kier molecular flexibility index (Phi) is 4.34. The van der Waals surface area contributed by atoms with Crippen LogP contribution < -0.4 is 17.0 Å². The minimum Gasteiger partial charge on any atom is -0.383 e. The zero-order chi connectivity index (χ0) is 11.3. The minimum atomic E-state index is -0.504. The van der Waals surface area contributed by atoms with Crippen LogP contribution in [0.2, 0.25) is 0 Å². The molecule has 1 aromatic heterocycles. The highest BCUT2D eigenvalue weighted by molar-refractivity contribution is 8.00. The summed E-state index contributed by atoms with van der Waals surface area (Å²) in [4.78, 5) is 15.1. The van der Waals surface area contributed by atoms with Crippen LogP contribution >= 0.6 is 11.8 Å². The lowest BCUT2D eigenvalue weighted by atomic mass is 10.4. The third-order valence-electron chi connectivity index (χ3n) is 1.48. The number of carbonyl (C=O) groups is 1. The van der Waals surface area contributed by atoms with Crippen molar-refractivity contribution in [2.24, 2.45) is 5.84 Å². The number of amides is 1. The molecule has 0 aliphatic carbocycles. The second kappa shape index (κ2) is 5.53. The first-order valence-corrected chi connectivity index (χ1v) is 4.89. The summed E-state index contributed by atoms with van der Waals surface area (Å²) in [6, 6.07) is 0. The number of ether oxygens (including phenoxy) is 1. The van der Waals surface area contributed by atoms with Crippen molar-refractivity contribution in [1.29, 1.82) is 0 Å². The molecule has 1 rings (SSSR count). The van der Waals surface area contributed by atoms with Crippen LogP contribution in [-0.4, -0.2) is 40.1 Å². The Balaban J connectivity index is 2.62. The smallest absolute Gasteiger partial charge is 0.249 e. The Morgan fingerprint density at radius 2 is 2.53 bits per heavy atom. The van der Waals surface area contributed by atoms with Crippen LogP contribution in [0, 0.1) is 0 Å². The van der Waals surface area contributed by atoms with Crippen molar-refractivity contribution in [1.82, 2.24) is 20.6 Å². The molecule has 8 nitrogen and oxygen atoms in total. The molecule has 1 amide bonds. The molecular formula is C6H12N6O2S. The predicted octanol–water partition coefficient (Wildman–Crippen LogP) is -1.52. The summed E-state index contributed by atoms with van der Waals surface area (Å²) >= 11 is 1.12. The fraction of sp³-hybridized carbons (Fsp3) is 0.500. The van der Waals surface area contributed by atoms with Crippen molar-refractivity contribution in [3.8, 4) is 0 Å². The number of hydrazine groups is 1. The predicted molar refractivity (Wildman–Crippen MR) is 54.6 cm³/mol. The second-order valence-electron chi connectivity index (χ2n) is 2.57. The zero-order valence-corrected chi connectivity index (χ0v) is 8.87. The summed E-state index contributed by atoms with van der Waals surface area (Å²) in [5.41, 5.74) is 7.38. The van der Waals surface area contributed by atoms with Crippen LogP contribution in [0.25, 0.3) is 0 Å². The summed E-state index contributed by atoms with van der Waals surface area (Å²) < 4.78 is 4.87. The first-order valence-electron chi connectivity index (χ1n) is 4.01. The van der Waals surface area contributed by atoms with Gasteiger partial charge in [0.15, 0.2) is 0 Å². The van der Waals surface area contributed by atoms with E-state index < -0.39 is 5.25 Å². The number of nitrogens with zero attached hydrogens (tertiary/aromatic N) is 2. The van der Waals surface area contributed by atoms with Gasteiger partial charge in [0, 0.05) is 7.11 Å². The number of hydrogen-bond donors (Lipinski definition) is 4. The summed E-state index contributed by atoms with van der Waals surface area (Å²) in [5.74, 6) is 4.86. The zero-order valence-electron chi connectivity index (χ0n) is 8.06. The molecule has 1 heterocycles.